The zero-order chi connectivity index (χ0) is 20.4. The first-order valence-electron chi connectivity index (χ1n) is 9.61. The fraction of sp³-hybridized carbons (Fsp3) is 0.333. The number of hydrogen-bond acceptors (Lipinski definition) is 3. The Bertz CT molecular complexity index is 900. The molecule has 8 heteroatoms. The van der Waals surface area contributed by atoms with Crippen molar-refractivity contribution in [3.05, 3.63) is 59.4 Å². The van der Waals surface area contributed by atoms with Crippen molar-refractivity contribution in [3.8, 4) is 0 Å². The molecule has 4 rings (SSSR count). The fourth-order valence-electron chi connectivity index (χ4n) is 3.74. The van der Waals surface area contributed by atoms with Crippen molar-refractivity contribution in [2.45, 2.75) is 0 Å². The van der Waals surface area contributed by atoms with Crippen molar-refractivity contribution < 1.29 is 14.0 Å². The first-order chi connectivity index (χ1) is 14.0. The van der Waals surface area contributed by atoms with Crippen molar-refractivity contribution >= 4 is 34.9 Å². The highest BCUT2D eigenvalue weighted by molar-refractivity contribution is 6.30. The highest BCUT2D eigenvalue weighted by atomic mass is 35.5. The number of rotatable bonds is 4. The summed E-state index contributed by atoms with van der Waals surface area (Å²) in [6.07, 6.45) is 0. The van der Waals surface area contributed by atoms with Crippen molar-refractivity contribution in [3.63, 3.8) is 0 Å². The van der Waals surface area contributed by atoms with E-state index in [-0.39, 0.29) is 24.3 Å². The van der Waals surface area contributed by atoms with E-state index in [1.165, 1.54) is 12.1 Å². The third-order valence-electron chi connectivity index (χ3n) is 5.37. The number of anilines is 2. The third-order valence-corrected chi connectivity index (χ3v) is 5.60. The Morgan fingerprint density at radius 2 is 1.66 bits per heavy atom. The minimum absolute atomic E-state index is 0.0509. The van der Waals surface area contributed by atoms with Gasteiger partial charge in [-0.1, -0.05) is 17.7 Å². The number of nitrogens with zero attached hydrogens (tertiary/aromatic N) is 4. The van der Waals surface area contributed by atoms with E-state index in [0.717, 1.165) is 11.4 Å². The van der Waals surface area contributed by atoms with E-state index in [9.17, 15) is 14.0 Å². The number of amides is 3. The van der Waals surface area contributed by atoms with Crippen LogP contribution in [0.5, 0.6) is 0 Å². The normalized spacial score (nSPS) is 17.2. The van der Waals surface area contributed by atoms with Crippen molar-refractivity contribution in [2.24, 2.45) is 0 Å². The number of benzene rings is 2. The van der Waals surface area contributed by atoms with Crippen LogP contribution in [0.2, 0.25) is 5.02 Å². The quantitative estimate of drug-likeness (QED) is 0.769. The lowest BCUT2D eigenvalue weighted by Gasteiger charge is -2.36. The van der Waals surface area contributed by atoms with E-state index in [4.69, 9.17) is 11.6 Å². The summed E-state index contributed by atoms with van der Waals surface area (Å²) < 4.78 is 13.1. The van der Waals surface area contributed by atoms with Gasteiger partial charge in [0, 0.05) is 55.7 Å². The van der Waals surface area contributed by atoms with Crippen LogP contribution in [0, 0.1) is 5.82 Å². The molecule has 0 atom stereocenters. The summed E-state index contributed by atoms with van der Waals surface area (Å²) >= 11 is 6.02. The van der Waals surface area contributed by atoms with Crippen LogP contribution in [0.15, 0.2) is 48.5 Å². The van der Waals surface area contributed by atoms with Crippen LogP contribution in [0.3, 0.4) is 0 Å². The van der Waals surface area contributed by atoms with E-state index in [2.05, 4.69) is 4.90 Å². The van der Waals surface area contributed by atoms with Crippen LogP contribution in [0.4, 0.5) is 20.6 Å². The van der Waals surface area contributed by atoms with Gasteiger partial charge in [-0.3, -0.25) is 9.69 Å². The van der Waals surface area contributed by atoms with Crippen molar-refractivity contribution in [1.82, 2.24) is 9.80 Å². The molecule has 2 heterocycles. The largest absolute Gasteiger partial charge is 0.368 e. The summed E-state index contributed by atoms with van der Waals surface area (Å²) in [5, 5.41) is 0.573. The van der Waals surface area contributed by atoms with E-state index >= 15 is 0 Å². The number of hydrogen-bond donors (Lipinski definition) is 0. The summed E-state index contributed by atoms with van der Waals surface area (Å²) in [7, 11) is 0. The Balaban J connectivity index is 1.31. The fourth-order valence-corrected chi connectivity index (χ4v) is 3.93. The Morgan fingerprint density at radius 1 is 0.931 bits per heavy atom. The predicted octanol–water partition coefficient (Wildman–Crippen LogP) is 3.07. The lowest BCUT2D eigenvalue weighted by molar-refractivity contribution is -0.131. The highest BCUT2D eigenvalue weighted by Crippen LogP contribution is 2.24. The maximum atomic E-state index is 13.1. The van der Waals surface area contributed by atoms with Gasteiger partial charge in [-0.2, -0.15) is 0 Å². The number of piperazine rings is 1. The van der Waals surface area contributed by atoms with Crippen LogP contribution in [-0.2, 0) is 4.79 Å². The average Bonchev–Trinajstić information content (AvgIpc) is 3.09. The average molecular weight is 417 g/mol. The summed E-state index contributed by atoms with van der Waals surface area (Å²) in [6.45, 7) is 3.64. The molecule has 0 aliphatic carbocycles. The van der Waals surface area contributed by atoms with Crippen molar-refractivity contribution in [2.75, 3.05) is 55.6 Å². The minimum atomic E-state index is -0.260. The lowest BCUT2D eigenvalue weighted by Crippen LogP contribution is -2.51. The number of halogens is 2. The molecule has 2 aliphatic heterocycles. The second-order valence-electron chi connectivity index (χ2n) is 7.18. The summed E-state index contributed by atoms with van der Waals surface area (Å²) in [6, 6.07) is 13.4. The molecule has 3 amide bonds. The van der Waals surface area contributed by atoms with E-state index in [1.807, 2.05) is 6.07 Å². The Morgan fingerprint density at radius 3 is 2.34 bits per heavy atom. The van der Waals surface area contributed by atoms with Gasteiger partial charge in [0.1, 0.15) is 12.4 Å². The van der Waals surface area contributed by atoms with Gasteiger partial charge in [0.15, 0.2) is 0 Å². The maximum absolute atomic E-state index is 13.1. The van der Waals surface area contributed by atoms with Gasteiger partial charge in [0.2, 0.25) is 5.91 Å². The van der Waals surface area contributed by atoms with Gasteiger partial charge in [-0.05, 0) is 42.5 Å². The number of carbonyl (C=O) groups excluding carboxylic acids is 2. The van der Waals surface area contributed by atoms with Gasteiger partial charge in [-0.25, -0.2) is 9.18 Å². The van der Waals surface area contributed by atoms with Crippen LogP contribution in [0.1, 0.15) is 0 Å². The molecule has 2 aliphatic rings. The molecule has 0 aromatic heterocycles. The van der Waals surface area contributed by atoms with Gasteiger partial charge in [0.25, 0.3) is 0 Å². The molecule has 2 fully saturated rings. The molecule has 2 saturated heterocycles. The van der Waals surface area contributed by atoms with Crippen molar-refractivity contribution in [1.29, 1.82) is 0 Å². The SMILES string of the molecule is O=C(CN1CCN(c2cccc(Cl)c2)C1=O)N1CCN(c2ccc(F)cc2)CC1. The summed E-state index contributed by atoms with van der Waals surface area (Å²) in [5.41, 5.74) is 1.69. The van der Waals surface area contributed by atoms with E-state index < -0.39 is 0 Å². The third kappa shape index (κ3) is 4.29. The first kappa shape index (κ1) is 19.5. The predicted molar refractivity (Wildman–Crippen MR) is 111 cm³/mol. The monoisotopic (exact) mass is 416 g/mol. The smallest absolute Gasteiger partial charge is 0.325 e. The number of urea groups is 1. The van der Waals surface area contributed by atoms with Gasteiger partial charge >= 0.3 is 6.03 Å². The molecule has 0 N–H and O–H groups in total. The Kier molecular flexibility index (Phi) is 5.58. The number of carbonyl (C=O) groups is 2. The van der Waals surface area contributed by atoms with E-state index in [1.54, 1.807) is 45.0 Å². The van der Waals surface area contributed by atoms with E-state index in [0.29, 0.717) is 44.3 Å². The topological polar surface area (TPSA) is 47.1 Å². The minimum Gasteiger partial charge on any atom is -0.368 e. The summed E-state index contributed by atoms with van der Waals surface area (Å²) in [4.78, 5) is 32.5. The van der Waals surface area contributed by atoms with Crippen LogP contribution < -0.4 is 9.80 Å². The molecule has 2 aromatic rings. The molecule has 6 nitrogen and oxygen atoms in total. The van der Waals surface area contributed by atoms with Crippen LogP contribution in [-0.4, -0.2) is 67.6 Å². The Hall–Kier alpha value is -2.80. The molecule has 29 heavy (non-hydrogen) atoms. The Labute approximate surface area is 174 Å². The lowest BCUT2D eigenvalue weighted by atomic mass is 10.2. The second kappa shape index (κ2) is 8.29. The molecule has 152 valence electrons. The van der Waals surface area contributed by atoms with Crippen LogP contribution >= 0.6 is 11.6 Å². The standard InChI is InChI=1S/C21H22ClFN4O2/c22-16-2-1-3-19(14-16)27-13-12-26(21(27)29)15-20(28)25-10-8-24(9-11-25)18-6-4-17(23)5-7-18/h1-7,14H,8-13,15H2. The van der Waals surface area contributed by atoms with Crippen LogP contribution in [0.25, 0.3) is 0 Å². The molecular formula is C21H22ClFN4O2. The van der Waals surface area contributed by atoms with Gasteiger partial charge in [-0.15, -0.1) is 0 Å². The maximum Gasteiger partial charge on any atom is 0.325 e. The zero-order valence-electron chi connectivity index (χ0n) is 15.9. The second-order valence-corrected chi connectivity index (χ2v) is 7.62. The highest BCUT2D eigenvalue weighted by Gasteiger charge is 2.32. The van der Waals surface area contributed by atoms with Gasteiger partial charge in [0.05, 0.1) is 0 Å². The molecule has 2 aromatic carbocycles. The molecule has 0 spiro atoms. The van der Waals surface area contributed by atoms with Gasteiger partial charge < -0.3 is 14.7 Å². The molecule has 0 bridgehead atoms. The molecule has 0 saturated carbocycles. The molecular weight excluding hydrogens is 395 g/mol. The molecule has 0 radical (unpaired) electrons. The molecule has 0 unspecified atom stereocenters. The first-order valence-corrected chi connectivity index (χ1v) is 9.99. The summed E-state index contributed by atoms with van der Waals surface area (Å²) in [5.74, 6) is -0.310. The zero-order valence-corrected chi connectivity index (χ0v) is 16.7.